The minimum atomic E-state index is 0.237. The van der Waals surface area contributed by atoms with E-state index in [1.807, 2.05) is 0 Å². The molecule has 6 nitrogen and oxygen atoms in total. The molecule has 2 aliphatic heterocycles. The molecule has 1 aromatic carbocycles. The number of carbonyl (C=O) groups is 1. The lowest BCUT2D eigenvalue weighted by atomic mass is 10.1. The van der Waals surface area contributed by atoms with Crippen molar-refractivity contribution < 1.29 is 4.79 Å². The standard InChI is InChI=1S/C18H23N5O/c24-18(8-7-17-19-13-20-21-17)23-10-3-5-15(23)12-22-11-9-14-4-1-2-6-16(14)22/h1-2,4,6,13,15H,3,5,7-12H2,(H,19,20,21). The van der Waals surface area contributed by atoms with Crippen molar-refractivity contribution in [1.82, 2.24) is 20.1 Å². The van der Waals surface area contributed by atoms with E-state index < -0.39 is 0 Å². The summed E-state index contributed by atoms with van der Waals surface area (Å²) in [5, 5.41) is 6.66. The van der Waals surface area contributed by atoms with Gasteiger partial charge in [0.25, 0.3) is 0 Å². The van der Waals surface area contributed by atoms with E-state index in [1.165, 1.54) is 17.6 Å². The van der Waals surface area contributed by atoms with Crippen molar-refractivity contribution in [3.8, 4) is 0 Å². The van der Waals surface area contributed by atoms with Gasteiger partial charge < -0.3 is 9.80 Å². The van der Waals surface area contributed by atoms with Gasteiger partial charge in [-0.2, -0.15) is 5.10 Å². The number of anilines is 1. The van der Waals surface area contributed by atoms with Gasteiger partial charge in [0, 0.05) is 44.2 Å². The summed E-state index contributed by atoms with van der Waals surface area (Å²) in [6, 6.07) is 8.96. The highest BCUT2D eigenvalue weighted by Crippen LogP contribution is 2.29. The largest absolute Gasteiger partial charge is 0.369 e. The molecule has 1 saturated heterocycles. The first-order chi connectivity index (χ1) is 11.8. The van der Waals surface area contributed by atoms with Crippen LogP contribution in [-0.2, 0) is 17.6 Å². The van der Waals surface area contributed by atoms with Crippen LogP contribution < -0.4 is 4.90 Å². The van der Waals surface area contributed by atoms with Crippen molar-refractivity contribution in [3.63, 3.8) is 0 Å². The van der Waals surface area contributed by atoms with E-state index in [4.69, 9.17) is 0 Å². The first kappa shape index (κ1) is 15.2. The van der Waals surface area contributed by atoms with Crippen LogP contribution >= 0.6 is 0 Å². The Morgan fingerprint density at radius 3 is 3.08 bits per heavy atom. The molecule has 3 heterocycles. The van der Waals surface area contributed by atoms with Crippen molar-refractivity contribution in [2.75, 3.05) is 24.5 Å². The van der Waals surface area contributed by atoms with E-state index in [0.717, 1.165) is 44.7 Å². The van der Waals surface area contributed by atoms with Crippen LogP contribution in [0.3, 0.4) is 0 Å². The molecular weight excluding hydrogens is 302 g/mol. The van der Waals surface area contributed by atoms with Crippen molar-refractivity contribution in [2.45, 2.75) is 38.1 Å². The summed E-state index contributed by atoms with van der Waals surface area (Å²) < 4.78 is 0. The van der Waals surface area contributed by atoms with Gasteiger partial charge in [0.05, 0.1) is 0 Å². The lowest BCUT2D eigenvalue weighted by Crippen LogP contribution is -2.43. The lowest BCUT2D eigenvalue weighted by molar-refractivity contribution is -0.131. The zero-order valence-electron chi connectivity index (χ0n) is 13.8. The normalized spacial score (nSPS) is 19.8. The molecule has 1 amide bonds. The highest BCUT2D eigenvalue weighted by Gasteiger charge is 2.31. The van der Waals surface area contributed by atoms with Crippen molar-refractivity contribution in [3.05, 3.63) is 42.0 Å². The predicted molar refractivity (Wildman–Crippen MR) is 91.8 cm³/mol. The maximum absolute atomic E-state index is 12.6. The predicted octanol–water partition coefficient (Wildman–Crippen LogP) is 1.79. The van der Waals surface area contributed by atoms with E-state index in [0.29, 0.717) is 18.9 Å². The van der Waals surface area contributed by atoms with Crippen LogP contribution in [0, 0.1) is 0 Å². The van der Waals surface area contributed by atoms with Crippen molar-refractivity contribution >= 4 is 11.6 Å². The molecule has 1 aromatic heterocycles. The molecular formula is C18H23N5O. The maximum atomic E-state index is 12.6. The van der Waals surface area contributed by atoms with E-state index in [-0.39, 0.29) is 5.91 Å². The molecule has 2 aliphatic rings. The maximum Gasteiger partial charge on any atom is 0.223 e. The molecule has 0 spiro atoms. The highest BCUT2D eigenvalue weighted by atomic mass is 16.2. The number of fused-ring (bicyclic) bond motifs is 1. The number of aryl methyl sites for hydroxylation is 1. The van der Waals surface area contributed by atoms with Crippen molar-refractivity contribution in [2.24, 2.45) is 0 Å². The number of benzene rings is 1. The Bertz CT molecular complexity index is 699. The Balaban J connectivity index is 1.37. The fraction of sp³-hybridized carbons (Fsp3) is 0.500. The smallest absolute Gasteiger partial charge is 0.223 e. The minimum absolute atomic E-state index is 0.237. The minimum Gasteiger partial charge on any atom is -0.369 e. The first-order valence-corrected chi connectivity index (χ1v) is 8.78. The average Bonchev–Trinajstić information content (AvgIpc) is 3.35. The number of hydrogen-bond donors (Lipinski definition) is 1. The number of amides is 1. The summed E-state index contributed by atoms with van der Waals surface area (Å²) in [6.07, 6.45) is 5.95. The number of aromatic nitrogens is 3. The lowest BCUT2D eigenvalue weighted by Gasteiger charge is -2.30. The third kappa shape index (κ3) is 3.00. The molecule has 1 atom stereocenters. The number of aromatic amines is 1. The third-order valence-electron chi connectivity index (χ3n) is 5.15. The van der Waals surface area contributed by atoms with Gasteiger partial charge in [0.15, 0.2) is 0 Å². The highest BCUT2D eigenvalue weighted by molar-refractivity contribution is 5.77. The molecule has 126 valence electrons. The van der Waals surface area contributed by atoms with E-state index in [2.05, 4.69) is 49.2 Å². The summed E-state index contributed by atoms with van der Waals surface area (Å²) in [7, 11) is 0. The van der Waals surface area contributed by atoms with Gasteiger partial charge in [-0.3, -0.25) is 9.89 Å². The van der Waals surface area contributed by atoms with Crippen LogP contribution in [0.2, 0.25) is 0 Å². The molecule has 1 N–H and O–H groups in total. The SMILES string of the molecule is O=C(CCc1ncn[nH]1)N1CCCC1CN1CCc2ccccc21. The van der Waals surface area contributed by atoms with Gasteiger partial charge in [-0.1, -0.05) is 18.2 Å². The van der Waals surface area contributed by atoms with E-state index >= 15 is 0 Å². The summed E-state index contributed by atoms with van der Waals surface area (Å²) in [6.45, 7) is 2.90. The number of carbonyl (C=O) groups excluding carboxylic acids is 1. The molecule has 0 radical (unpaired) electrons. The molecule has 1 fully saturated rings. The second kappa shape index (κ2) is 6.63. The van der Waals surface area contributed by atoms with Crippen LogP contribution in [0.4, 0.5) is 5.69 Å². The van der Waals surface area contributed by atoms with Gasteiger partial charge in [0.1, 0.15) is 12.2 Å². The van der Waals surface area contributed by atoms with Gasteiger partial charge in [-0.15, -0.1) is 0 Å². The Morgan fingerprint density at radius 2 is 2.21 bits per heavy atom. The summed E-state index contributed by atoms with van der Waals surface area (Å²) in [4.78, 5) is 21.2. The quantitative estimate of drug-likeness (QED) is 0.910. The number of rotatable bonds is 5. The average molecular weight is 325 g/mol. The second-order valence-corrected chi connectivity index (χ2v) is 6.64. The number of nitrogens with one attached hydrogen (secondary N) is 1. The van der Waals surface area contributed by atoms with Crippen LogP contribution in [0.15, 0.2) is 30.6 Å². The Labute approximate surface area is 141 Å². The first-order valence-electron chi connectivity index (χ1n) is 8.78. The topological polar surface area (TPSA) is 65.1 Å². The van der Waals surface area contributed by atoms with E-state index in [1.54, 1.807) is 0 Å². The number of H-pyrrole nitrogens is 1. The molecule has 1 unspecified atom stereocenters. The van der Waals surface area contributed by atoms with Gasteiger partial charge in [-0.05, 0) is 30.9 Å². The van der Waals surface area contributed by atoms with Gasteiger partial charge in [0.2, 0.25) is 5.91 Å². The van der Waals surface area contributed by atoms with E-state index in [9.17, 15) is 4.79 Å². The zero-order chi connectivity index (χ0) is 16.4. The summed E-state index contributed by atoms with van der Waals surface area (Å²) in [5.41, 5.74) is 2.78. The monoisotopic (exact) mass is 325 g/mol. The van der Waals surface area contributed by atoms with Crippen LogP contribution in [0.5, 0.6) is 0 Å². The molecule has 2 aromatic rings. The Kier molecular flexibility index (Phi) is 4.19. The molecule has 6 heteroatoms. The van der Waals surface area contributed by atoms with Crippen molar-refractivity contribution in [1.29, 1.82) is 0 Å². The number of para-hydroxylation sites is 1. The van der Waals surface area contributed by atoms with Gasteiger partial charge in [-0.25, -0.2) is 4.98 Å². The fourth-order valence-electron chi connectivity index (χ4n) is 3.92. The fourth-order valence-corrected chi connectivity index (χ4v) is 3.92. The number of hydrogen-bond acceptors (Lipinski definition) is 4. The number of nitrogens with zero attached hydrogens (tertiary/aromatic N) is 4. The molecule has 24 heavy (non-hydrogen) atoms. The third-order valence-corrected chi connectivity index (χ3v) is 5.15. The number of likely N-dealkylation sites (tertiary alicyclic amines) is 1. The second-order valence-electron chi connectivity index (χ2n) is 6.64. The molecule has 0 aliphatic carbocycles. The Morgan fingerprint density at radius 1 is 1.29 bits per heavy atom. The van der Waals surface area contributed by atoms with Crippen LogP contribution in [0.25, 0.3) is 0 Å². The molecule has 0 saturated carbocycles. The van der Waals surface area contributed by atoms with Crippen LogP contribution in [-0.4, -0.2) is 51.7 Å². The zero-order valence-corrected chi connectivity index (χ0v) is 13.8. The van der Waals surface area contributed by atoms with Crippen LogP contribution in [0.1, 0.15) is 30.7 Å². The van der Waals surface area contributed by atoms with Gasteiger partial charge >= 0.3 is 0 Å². The summed E-state index contributed by atoms with van der Waals surface area (Å²) >= 11 is 0. The molecule has 4 rings (SSSR count). The Hall–Kier alpha value is -2.37. The molecule has 0 bridgehead atoms. The summed E-state index contributed by atoms with van der Waals surface area (Å²) in [5.74, 6) is 1.02.